The summed E-state index contributed by atoms with van der Waals surface area (Å²) in [6, 6.07) is 7.89. The predicted molar refractivity (Wildman–Crippen MR) is 110 cm³/mol. The van der Waals surface area contributed by atoms with Gasteiger partial charge in [-0.05, 0) is 43.5 Å². The third kappa shape index (κ3) is 4.40. The van der Waals surface area contributed by atoms with Crippen molar-refractivity contribution in [1.29, 1.82) is 0 Å². The number of nitro groups is 1. The van der Waals surface area contributed by atoms with E-state index in [1.54, 1.807) is 18.2 Å². The normalized spacial score (nSPS) is 17.3. The van der Waals surface area contributed by atoms with E-state index in [1.165, 1.54) is 18.6 Å². The summed E-state index contributed by atoms with van der Waals surface area (Å²) in [5.74, 6) is 0.389. The molecule has 3 heterocycles. The maximum atomic E-state index is 14.7. The Morgan fingerprint density at radius 1 is 1.03 bits per heavy atom. The molecule has 2 aromatic rings. The van der Waals surface area contributed by atoms with E-state index in [2.05, 4.69) is 10.3 Å². The molecule has 154 valence electrons. The summed E-state index contributed by atoms with van der Waals surface area (Å²) in [5.41, 5.74) is 0.847. The molecule has 2 aliphatic rings. The average Bonchev–Trinajstić information content (AvgIpc) is 2.75. The number of hydrogen-bond acceptors (Lipinski definition) is 7. The summed E-state index contributed by atoms with van der Waals surface area (Å²) < 4.78 is 20.1. The van der Waals surface area contributed by atoms with Gasteiger partial charge in [0.05, 0.1) is 23.8 Å². The summed E-state index contributed by atoms with van der Waals surface area (Å²) in [6.45, 7) is 4.21. The van der Waals surface area contributed by atoms with Gasteiger partial charge < -0.3 is 19.9 Å². The molecule has 2 aliphatic heterocycles. The van der Waals surface area contributed by atoms with Gasteiger partial charge in [0.2, 0.25) is 5.82 Å². The van der Waals surface area contributed by atoms with Crippen molar-refractivity contribution in [2.45, 2.75) is 19.3 Å². The van der Waals surface area contributed by atoms with Crippen LogP contribution in [0.4, 0.5) is 33.1 Å². The summed E-state index contributed by atoms with van der Waals surface area (Å²) >= 11 is 0. The zero-order valence-corrected chi connectivity index (χ0v) is 16.1. The number of aromatic nitrogens is 1. The van der Waals surface area contributed by atoms with Crippen molar-refractivity contribution in [3.63, 3.8) is 0 Å². The van der Waals surface area contributed by atoms with Crippen molar-refractivity contribution < 1.29 is 14.1 Å². The standard InChI is InChI=1S/C20H24FN5O3/c21-16-14-15(4-5-17(16)24-8-2-1-3-9-24)22-20-18(26(27)28)6-7-19(23-20)25-10-12-29-13-11-25/h4-7,14H,1-3,8-13H2,(H,22,23). The molecule has 2 saturated heterocycles. The molecule has 2 fully saturated rings. The lowest BCUT2D eigenvalue weighted by molar-refractivity contribution is -0.384. The second-order valence-corrected chi connectivity index (χ2v) is 7.23. The van der Waals surface area contributed by atoms with E-state index in [0.717, 1.165) is 25.9 Å². The van der Waals surface area contributed by atoms with Gasteiger partial charge >= 0.3 is 5.69 Å². The highest BCUT2D eigenvalue weighted by Crippen LogP contribution is 2.31. The maximum absolute atomic E-state index is 14.7. The fourth-order valence-electron chi connectivity index (χ4n) is 3.76. The minimum Gasteiger partial charge on any atom is -0.378 e. The highest BCUT2D eigenvalue weighted by molar-refractivity contribution is 5.69. The van der Waals surface area contributed by atoms with Gasteiger partial charge in [-0.15, -0.1) is 0 Å². The van der Waals surface area contributed by atoms with E-state index in [9.17, 15) is 14.5 Å². The Hall–Kier alpha value is -2.94. The lowest BCUT2D eigenvalue weighted by Crippen LogP contribution is -2.36. The monoisotopic (exact) mass is 401 g/mol. The number of ether oxygens (including phenoxy) is 1. The SMILES string of the molecule is O=[N+]([O-])c1ccc(N2CCOCC2)nc1Nc1ccc(N2CCCCC2)c(F)c1. The highest BCUT2D eigenvalue weighted by atomic mass is 19.1. The largest absolute Gasteiger partial charge is 0.378 e. The minimum atomic E-state index is -0.489. The topological polar surface area (TPSA) is 83.8 Å². The Kier molecular flexibility index (Phi) is 5.75. The van der Waals surface area contributed by atoms with Gasteiger partial charge in [0, 0.05) is 37.9 Å². The molecule has 1 aromatic carbocycles. The molecule has 0 atom stereocenters. The second-order valence-electron chi connectivity index (χ2n) is 7.23. The number of rotatable bonds is 5. The molecule has 4 rings (SSSR count). The first-order valence-corrected chi connectivity index (χ1v) is 9.91. The van der Waals surface area contributed by atoms with Crippen molar-refractivity contribution in [3.05, 3.63) is 46.3 Å². The fourth-order valence-corrected chi connectivity index (χ4v) is 3.76. The van der Waals surface area contributed by atoms with Crippen molar-refractivity contribution in [3.8, 4) is 0 Å². The molecule has 29 heavy (non-hydrogen) atoms. The Bertz CT molecular complexity index is 882. The molecule has 0 aliphatic carbocycles. The van der Waals surface area contributed by atoms with Crippen LogP contribution in [0.2, 0.25) is 0 Å². The summed E-state index contributed by atoms with van der Waals surface area (Å²) in [4.78, 5) is 19.4. The highest BCUT2D eigenvalue weighted by Gasteiger charge is 2.21. The lowest BCUT2D eigenvalue weighted by atomic mass is 10.1. The van der Waals surface area contributed by atoms with Crippen molar-refractivity contribution in [1.82, 2.24) is 4.98 Å². The predicted octanol–water partition coefficient (Wildman–Crippen LogP) is 3.70. The fraction of sp³-hybridized carbons (Fsp3) is 0.450. The van der Waals surface area contributed by atoms with Gasteiger partial charge in [-0.2, -0.15) is 0 Å². The number of pyridine rings is 1. The molecule has 0 amide bonds. The maximum Gasteiger partial charge on any atom is 0.311 e. The summed E-state index contributed by atoms with van der Waals surface area (Å²) in [6.07, 6.45) is 3.29. The van der Waals surface area contributed by atoms with Gasteiger partial charge in [-0.1, -0.05) is 0 Å². The van der Waals surface area contributed by atoms with Crippen molar-refractivity contribution in [2.24, 2.45) is 0 Å². The van der Waals surface area contributed by atoms with E-state index >= 15 is 0 Å². The molecular formula is C20H24FN5O3. The molecule has 0 radical (unpaired) electrons. The quantitative estimate of drug-likeness (QED) is 0.604. The second kappa shape index (κ2) is 8.60. The van der Waals surface area contributed by atoms with Crippen LogP contribution in [0.1, 0.15) is 19.3 Å². The first kappa shape index (κ1) is 19.4. The molecular weight excluding hydrogens is 377 g/mol. The van der Waals surface area contributed by atoms with Gasteiger partial charge in [0.15, 0.2) is 0 Å². The van der Waals surface area contributed by atoms with E-state index in [4.69, 9.17) is 4.74 Å². The molecule has 0 unspecified atom stereocenters. The van der Waals surface area contributed by atoms with Crippen LogP contribution in [0.25, 0.3) is 0 Å². The molecule has 1 aromatic heterocycles. The Morgan fingerprint density at radius 2 is 1.79 bits per heavy atom. The van der Waals surface area contributed by atoms with Crippen LogP contribution in [0.3, 0.4) is 0 Å². The zero-order valence-electron chi connectivity index (χ0n) is 16.1. The zero-order chi connectivity index (χ0) is 20.2. The molecule has 0 saturated carbocycles. The molecule has 1 N–H and O–H groups in total. The number of benzene rings is 1. The summed E-state index contributed by atoms with van der Waals surface area (Å²) in [7, 11) is 0. The number of halogens is 1. The number of nitrogens with one attached hydrogen (secondary N) is 1. The van der Waals surface area contributed by atoms with Gasteiger partial charge in [0.1, 0.15) is 11.6 Å². The van der Waals surface area contributed by atoms with Crippen LogP contribution < -0.4 is 15.1 Å². The Morgan fingerprint density at radius 3 is 2.48 bits per heavy atom. The van der Waals surface area contributed by atoms with Crippen molar-refractivity contribution >= 4 is 28.7 Å². The van der Waals surface area contributed by atoms with Gasteiger partial charge in [-0.3, -0.25) is 10.1 Å². The number of anilines is 4. The smallest absolute Gasteiger partial charge is 0.311 e. The van der Waals surface area contributed by atoms with Crippen LogP contribution in [-0.2, 0) is 4.74 Å². The third-order valence-electron chi connectivity index (χ3n) is 5.30. The number of nitrogens with zero attached hydrogens (tertiary/aromatic N) is 4. The van der Waals surface area contributed by atoms with Gasteiger partial charge in [0.25, 0.3) is 0 Å². The Labute approximate surface area is 168 Å². The van der Waals surface area contributed by atoms with Crippen molar-refractivity contribution in [2.75, 3.05) is 54.5 Å². The summed E-state index contributed by atoms with van der Waals surface area (Å²) in [5, 5.41) is 14.4. The number of morpholine rings is 1. The lowest BCUT2D eigenvalue weighted by Gasteiger charge is -2.29. The third-order valence-corrected chi connectivity index (χ3v) is 5.30. The number of piperidine rings is 1. The van der Waals surface area contributed by atoms with E-state index in [0.29, 0.717) is 43.5 Å². The number of hydrogen-bond donors (Lipinski definition) is 1. The first-order valence-electron chi connectivity index (χ1n) is 9.91. The molecule has 8 nitrogen and oxygen atoms in total. The molecule has 0 spiro atoms. The van der Waals surface area contributed by atoms with Crippen LogP contribution >= 0.6 is 0 Å². The van der Waals surface area contributed by atoms with Crippen LogP contribution in [-0.4, -0.2) is 49.3 Å². The van der Waals surface area contributed by atoms with E-state index in [-0.39, 0.29) is 17.3 Å². The average molecular weight is 401 g/mol. The Balaban J connectivity index is 1.58. The van der Waals surface area contributed by atoms with Crippen LogP contribution in [0, 0.1) is 15.9 Å². The van der Waals surface area contributed by atoms with Crippen LogP contribution in [0.5, 0.6) is 0 Å². The van der Waals surface area contributed by atoms with E-state index in [1.807, 2.05) is 9.80 Å². The molecule has 9 heteroatoms. The van der Waals surface area contributed by atoms with Crippen LogP contribution in [0.15, 0.2) is 30.3 Å². The molecule has 0 bridgehead atoms. The minimum absolute atomic E-state index is 0.101. The first-order chi connectivity index (χ1) is 14.1. The van der Waals surface area contributed by atoms with Gasteiger partial charge in [-0.25, -0.2) is 9.37 Å². The van der Waals surface area contributed by atoms with E-state index < -0.39 is 4.92 Å².